The van der Waals surface area contributed by atoms with Gasteiger partial charge in [0.1, 0.15) is 23.5 Å². The van der Waals surface area contributed by atoms with Crippen LogP contribution in [0.1, 0.15) is 36.2 Å². The first-order chi connectivity index (χ1) is 12.2. The van der Waals surface area contributed by atoms with Crippen LogP contribution in [0, 0.1) is 5.92 Å². The quantitative estimate of drug-likeness (QED) is 0.597. The van der Waals surface area contributed by atoms with E-state index in [9.17, 15) is 24.9 Å². The minimum absolute atomic E-state index is 0.0333. The van der Waals surface area contributed by atoms with Gasteiger partial charge >= 0.3 is 5.97 Å². The number of carbonyl (C=O) groups is 2. The van der Waals surface area contributed by atoms with E-state index in [1.54, 1.807) is 13.8 Å². The van der Waals surface area contributed by atoms with Gasteiger partial charge in [0.2, 0.25) is 0 Å². The molecule has 1 aromatic carbocycles. The Balaban J connectivity index is 2.48. The smallest absolute Gasteiger partial charge is 0.342 e. The number of carbonyl (C=O) groups excluding carboxylic acids is 2. The topological polar surface area (TPSA) is 104 Å². The standard InChI is InChI=1S/C19H21ClO6/c1-10-6-7-15(22)18(24)14(21)5-3-4-12-8-13(20)9-16(23)17(12)19(25)26-11(10)2/h3-4,6-11,14,18,21,23-24H,5H2,1-2H3/b4-3+,7-6-/t10-,11+,14+,18?/m1/s1. The van der Waals surface area contributed by atoms with Crippen LogP contribution in [0.25, 0.3) is 6.08 Å². The normalized spacial score (nSPS) is 30.0. The van der Waals surface area contributed by atoms with E-state index < -0.39 is 30.1 Å². The number of ketones is 1. The third kappa shape index (κ3) is 4.72. The monoisotopic (exact) mass is 380 g/mol. The van der Waals surface area contributed by atoms with Gasteiger partial charge in [-0.15, -0.1) is 0 Å². The lowest BCUT2D eigenvalue weighted by atomic mass is 10.00. The number of phenols is 1. The zero-order valence-corrected chi connectivity index (χ0v) is 15.2. The molecule has 4 atom stereocenters. The van der Waals surface area contributed by atoms with Crippen molar-refractivity contribution >= 4 is 29.4 Å². The van der Waals surface area contributed by atoms with Gasteiger partial charge in [0.25, 0.3) is 0 Å². The first-order valence-electron chi connectivity index (χ1n) is 8.19. The third-order valence-electron chi connectivity index (χ3n) is 4.25. The van der Waals surface area contributed by atoms with Crippen LogP contribution in [0.2, 0.25) is 5.02 Å². The molecule has 0 fully saturated rings. The SMILES string of the molecule is C[C@@H]1/C=C\C(=O)C(O)[C@@H](O)C/C=C/c2cc(Cl)cc(O)c2C(=O)O[C@H]1C. The summed E-state index contributed by atoms with van der Waals surface area (Å²) >= 11 is 5.94. The Kier molecular flexibility index (Phi) is 6.58. The fraction of sp³-hybridized carbons (Fsp3) is 0.368. The number of aromatic hydroxyl groups is 1. The molecule has 2 rings (SSSR count). The highest BCUT2D eigenvalue weighted by Crippen LogP contribution is 2.29. The Morgan fingerprint density at radius 1 is 1.15 bits per heavy atom. The number of aliphatic hydroxyl groups excluding tert-OH is 2. The second kappa shape index (κ2) is 8.49. The number of fused-ring (bicyclic) bond motifs is 1. The molecule has 0 amide bonds. The maximum Gasteiger partial charge on any atom is 0.342 e. The van der Waals surface area contributed by atoms with Gasteiger partial charge in [-0.1, -0.05) is 36.8 Å². The maximum absolute atomic E-state index is 12.5. The number of phenolic OH excluding ortho intramolecular Hbond substituents is 1. The Morgan fingerprint density at radius 2 is 1.85 bits per heavy atom. The summed E-state index contributed by atoms with van der Waals surface area (Å²) in [6, 6.07) is 2.71. The fourth-order valence-electron chi connectivity index (χ4n) is 2.46. The molecule has 0 bridgehead atoms. The highest BCUT2D eigenvalue weighted by Gasteiger charge is 2.25. The van der Waals surface area contributed by atoms with Crippen molar-refractivity contribution in [3.8, 4) is 5.75 Å². The molecule has 7 heteroatoms. The molecule has 6 nitrogen and oxygen atoms in total. The minimum Gasteiger partial charge on any atom is -0.507 e. The number of rotatable bonds is 0. The van der Waals surface area contributed by atoms with Crippen LogP contribution in [-0.4, -0.2) is 45.4 Å². The lowest BCUT2D eigenvalue weighted by Crippen LogP contribution is -2.32. The largest absolute Gasteiger partial charge is 0.507 e. The minimum atomic E-state index is -1.56. The molecule has 1 aromatic rings. The van der Waals surface area contributed by atoms with Gasteiger partial charge in [-0.2, -0.15) is 0 Å². The average Bonchev–Trinajstić information content (AvgIpc) is 2.56. The van der Waals surface area contributed by atoms with Crippen LogP contribution < -0.4 is 0 Å². The molecule has 0 aromatic heterocycles. The van der Waals surface area contributed by atoms with Crippen LogP contribution in [0.3, 0.4) is 0 Å². The predicted octanol–water partition coefficient (Wildman–Crippen LogP) is 2.49. The summed E-state index contributed by atoms with van der Waals surface area (Å²) in [4.78, 5) is 24.4. The van der Waals surface area contributed by atoms with E-state index in [2.05, 4.69) is 0 Å². The summed E-state index contributed by atoms with van der Waals surface area (Å²) in [7, 11) is 0. The molecule has 1 unspecified atom stereocenters. The van der Waals surface area contributed by atoms with Crippen molar-refractivity contribution in [1.29, 1.82) is 0 Å². The first-order valence-corrected chi connectivity index (χ1v) is 8.56. The van der Waals surface area contributed by atoms with E-state index in [-0.39, 0.29) is 28.7 Å². The van der Waals surface area contributed by atoms with Gasteiger partial charge in [0, 0.05) is 10.9 Å². The first kappa shape index (κ1) is 20.2. The van der Waals surface area contributed by atoms with Crippen molar-refractivity contribution < 1.29 is 29.6 Å². The van der Waals surface area contributed by atoms with Crippen LogP contribution in [0.4, 0.5) is 0 Å². The molecule has 26 heavy (non-hydrogen) atoms. The van der Waals surface area contributed by atoms with Crippen LogP contribution in [0.15, 0.2) is 30.4 Å². The number of hydrogen-bond donors (Lipinski definition) is 3. The fourth-order valence-corrected chi connectivity index (χ4v) is 2.68. The Labute approximate surface area is 156 Å². The maximum atomic E-state index is 12.5. The van der Waals surface area contributed by atoms with Gasteiger partial charge in [0.15, 0.2) is 5.78 Å². The molecule has 0 saturated carbocycles. The van der Waals surface area contributed by atoms with E-state index in [1.807, 2.05) is 0 Å². The number of esters is 1. The van der Waals surface area contributed by atoms with Crippen molar-refractivity contribution in [3.63, 3.8) is 0 Å². The van der Waals surface area contributed by atoms with Crippen LogP contribution in [-0.2, 0) is 9.53 Å². The second-order valence-electron chi connectivity index (χ2n) is 6.27. The molecule has 1 heterocycles. The van der Waals surface area contributed by atoms with Crippen molar-refractivity contribution in [2.75, 3.05) is 0 Å². The Morgan fingerprint density at radius 3 is 2.54 bits per heavy atom. The predicted molar refractivity (Wildman–Crippen MR) is 97.0 cm³/mol. The summed E-state index contributed by atoms with van der Waals surface area (Å²) in [6.07, 6.45) is 2.13. The van der Waals surface area contributed by atoms with E-state index in [4.69, 9.17) is 16.3 Å². The van der Waals surface area contributed by atoms with Gasteiger partial charge in [-0.25, -0.2) is 4.79 Å². The van der Waals surface area contributed by atoms with E-state index in [1.165, 1.54) is 36.4 Å². The van der Waals surface area contributed by atoms with E-state index >= 15 is 0 Å². The summed E-state index contributed by atoms with van der Waals surface area (Å²) in [6.45, 7) is 3.38. The molecule has 140 valence electrons. The number of benzene rings is 1. The zero-order valence-electron chi connectivity index (χ0n) is 14.4. The van der Waals surface area contributed by atoms with Crippen LogP contribution >= 0.6 is 11.6 Å². The molecule has 1 aliphatic heterocycles. The Bertz CT molecular complexity index is 755. The molecule has 0 radical (unpaired) electrons. The Hall–Kier alpha value is -2.15. The molecule has 0 aliphatic carbocycles. The molecular weight excluding hydrogens is 360 g/mol. The number of halogens is 1. The second-order valence-corrected chi connectivity index (χ2v) is 6.71. The van der Waals surface area contributed by atoms with Gasteiger partial charge in [-0.05, 0) is 37.1 Å². The highest BCUT2D eigenvalue weighted by molar-refractivity contribution is 6.31. The van der Waals surface area contributed by atoms with Crippen molar-refractivity contribution in [2.45, 2.75) is 38.6 Å². The molecule has 0 saturated heterocycles. The van der Waals surface area contributed by atoms with Gasteiger partial charge in [-0.3, -0.25) is 4.79 Å². The lowest BCUT2D eigenvalue weighted by Gasteiger charge is -2.20. The lowest BCUT2D eigenvalue weighted by molar-refractivity contribution is -0.127. The number of aliphatic hydroxyl groups is 2. The van der Waals surface area contributed by atoms with Crippen LogP contribution in [0.5, 0.6) is 5.75 Å². The summed E-state index contributed by atoms with van der Waals surface area (Å²) in [5, 5.41) is 30.2. The van der Waals surface area contributed by atoms with Gasteiger partial charge in [0.05, 0.1) is 6.10 Å². The third-order valence-corrected chi connectivity index (χ3v) is 4.46. The summed E-state index contributed by atoms with van der Waals surface area (Å²) in [5.41, 5.74) is 0.261. The molecular formula is C19H21ClO6. The average molecular weight is 381 g/mol. The summed E-state index contributed by atoms with van der Waals surface area (Å²) in [5.74, 6) is -2.01. The highest BCUT2D eigenvalue weighted by atomic mass is 35.5. The number of ether oxygens (including phenoxy) is 1. The van der Waals surface area contributed by atoms with E-state index in [0.717, 1.165) is 0 Å². The number of hydrogen-bond acceptors (Lipinski definition) is 6. The van der Waals surface area contributed by atoms with Crippen molar-refractivity contribution in [2.24, 2.45) is 5.92 Å². The molecule has 3 N–H and O–H groups in total. The number of cyclic esters (lactones) is 1. The molecule has 1 aliphatic rings. The van der Waals surface area contributed by atoms with Crippen molar-refractivity contribution in [1.82, 2.24) is 0 Å². The van der Waals surface area contributed by atoms with E-state index in [0.29, 0.717) is 5.56 Å². The molecule has 0 spiro atoms. The summed E-state index contributed by atoms with van der Waals surface area (Å²) < 4.78 is 5.39. The van der Waals surface area contributed by atoms with Gasteiger partial charge < -0.3 is 20.1 Å². The van der Waals surface area contributed by atoms with Crippen molar-refractivity contribution in [3.05, 3.63) is 46.5 Å². The zero-order chi connectivity index (χ0) is 19.4.